The maximum atomic E-state index is 14.0. The summed E-state index contributed by atoms with van der Waals surface area (Å²) in [5.41, 5.74) is 3.84. The van der Waals surface area contributed by atoms with Crippen LogP contribution in [-0.4, -0.2) is 27.1 Å². The lowest BCUT2D eigenvalue weighted by molar-refractivity contribution is -0.116. The van der Waals surface area contributed by atoms with Crippen molar-refractivity contribution < 1.29 is 17.6 Å². The van der Waals surface area contributed by atoms with E-state index in [9.17, 15) is 17.6 Å². The molecule has 0 saturated carbocycles. The van der Waals surface area contributed by atoms with Crippen LogP contribution >= 0.6 is 0 Å². The van der Waals surface area contributed by atoms with Crippen LogP contribution < -0.4 is 9.62 Å². The van der Waals surface area contributed by atoms with Gasteiger partial charge in [-0.15, -0.1) is 0 Å². The van der Waals surface area contributed by atoms with Gasteiger partial charge in [0.2, 0.25) is 15.9 Å². The lowest BCUT2D eigenvalue weighted by atomic mass is 10.0. The van der Waals surface area contributed by atoms with Gasteiger partial charge in [-0.25, -0.2) is 12.8 Å². The minimum Gasteiger partial charge on any atom is -0.326 e. The summed E-state index contributed by atoms with van der Waals surface area (Å²) in [5.74, 6) is -0.815. The first-order valence-electron chi connectivity index (χ1n) is 8.69. The first-order valence-corrected chi connectivity index (χ1v) is 10.5. The number of nitrogens with one attached hydrogen (secondary N) is 1. The zero-order chi connectivity index (χ0) is 20.2. The van der Waals surface area contributed by atoms with E-state index in [0.29, 0.717) is 0 Å². The van der Waals surface area contributed by atoms with Gasteiger partial charge in [0.1, 0.15) is 5.82 Å². The van der Waals surface area contributed by atoms with E-state index in [0.717, 1.165) is 32.9 Å². The Morgan fingerprint density at radius 2 is 1.70 bits per heavy atom. The topological polar surface area (TPSA) is 66.5 Å². The number of hydrogen-bond donors (Lipinski definition) is 1. The highest BCUT2D eigenvalue weighted by Crippen LogP contribution is 2.23. The quantitative estimate of drug-likeness (QED) is 0.776. The van der Waals surface area contributed by atoms with E-state index in [1.165, 1.54) is 18.2 Å². The monoisotopic (exact) mass is 392 g/mol. The van der Waals surface area contributed by atoms with Gasteiger partial charge >= 0.3 is 0 Å². The number of nitrogens with zero attached hydrogens (tertiary/aromatic N) is 1. The molecule has 146 valence electrons. The first-order chi connectivity index (χ1) is 12.6. The van der Waals surface area contributed by atoms with E-state index in [2.05, 4.69) is 5.32 Å². The number of hydrogen-bond acceptors (Lipinski definition) is 3. The highest BCUT2D eigenvalue weighted by atomic mass is 32.2. The third-order valence-corrected chi connectivity index (χ3v) is 5.41. The summed E-state index contributed by atoms with van der Waals surface area (Å²) in [4.78, 5) is 12.3. The Bertz CT molecular complexity index is 919. The molecule has 0 aromatic heterocycles. The molecule has 0 aliphatic rings. The number of rotatable bonds is 7. The lowest BCUT2D eigenvalue weighted by Crippen LogP contribution is -2.32. The van der Waals surface area contributed by atoms with Crippen molar-refractivity contribution in [2.24, 2.45) is 0 Å². The molecule has 0 aliphatic heterocycles. The van der Waals surface area contributed by atoms with Crippen molar-refractivity contribution in [1.29, 1.82) is 0 Å². The number of carbonyl (C=O) groups is 1. The SMILES string of the molecule is Cc1cc(C)c(NC(=O)CCCN(c2ccccc2F)S(C)(=O)=O)c(C)c1. The molecule has 0 atom stereocenters. The molecule has 7 heteroatoms. The van der Waals surface area contributed by atoms with E-state index in [1.54, 1.807) is 6.07 Å². The molecule has 0 bridgehead atoms. The summed E-state index contributed by atoms with van der Waals surface area (Å²) in [5, 5.41) is 2.89. The molecule has 1 N–H and O–H groups in total. The van der Waals surface area contributed by atoms with E-state index >= 15 is 0 Å². The van der Waals surface area contributed by atoms with Crippen LogP contribution in [0.4, 0.5) is 15.8 Å². The van der Waals surface area contributed by atoms with Gasteiger partial charge in [-0.05, 0) is 50.5 Å². The largest absolute Gasteiger partial charge is 0.326 e. The molecular formula is C20H25FN2O3S. The van der Waals surface area contributed by atoms with Crippen molar-refractivity contribution in [2.75, 3.05) is 22.4 Å². The van der Waals surface area contributed by atoms with Crippen LogP contribution in [-0.2, 0) is 14.8 Å². The Labute approximate surface area is 160 Å². The predicted octanol–water partition coefficient (Wildman–Crippen LogP) is 3.94. The second-order valence-electron chi connectivity index (χ2n) is 6.71. The van der Waals surface area contributed by atoms with Crippen molar-refractivity contribution in [3.05, 3.63) is 58.9 Å². The van der Waals surface area contributed by atoms with Crippen molar-refractivity contribution in [3.63, 3.8) is 0 Å². The number of anilines is 2. The van der Waals surface area contributed by atoms with Gasteiger partial charge in [-0.1, -0.05) is 29.8 Å². The van der Waals surface area contributed by atoms with E-state index in [1.807, 2.05) is 32.9 Å². The zero-order valence-corrected chi connectivity index (χ0v) is 16.9. The summed E-state index contributed by atoms with van der Waals surface area (Å²) in [7, 11) is -3.65. The summed E-state index contributed by atoms with van der Waals surface area (Å²) in [6.45, 7) is 5.88. The molecule has 1 amide bonds. The van der Waals surface area contributed by atoms with Crippen LogP contribution in [0.1, 0.15) is 29.5 Å². The molecular weight excluding hydrogens is 367 g/mol. The minimum absolute atomic E-state index is 0.00867. The lowest BCUT2D eigenvalue weighted by Gasteiger charge is -2.22. The molecule has 5 nitrogen and oxygen atoms in total. The van der Waals surface area contributed by atoms with Gasteiger partial charge in [-0.2, -0.15) is 0 Å². The van der Waals surface area contributed by atoms with Crippen LogP contribution in [0.2, 0.25) is 0 Å². The second kappa shape index (κ2) is 8.52. The molecule has 0 heterocycles. The smallest absolute Gasteiger partial charge is 0.232 e. The Kier molecular flexibility index (Phi) is 6.59. The number of aryl methyl sites for hydroxylation is 3. The summed E-state index contributed by atoms with van der Waals surface area (Å²) < 4.78 is 39.0. The third-order valence-electron chi connectivity index (χ3n) is 4.23. The zero-order valence-electron chi connectivity index (χ0n) is 16.0. The van der Waals surface area contributed by atoms with Gasteiger partial charge in [0, 0.05) is 18.7 Å². The van der Waals surface area contributed by atoms with Crippen LogP contribution in [0.3, 0.4) is 0 Å². The fraction of sp³-hybridized carbons (Fsp3) is 0.350. The van der Waals surface area contributed by atoms with Gasteiger partial charge in [-0.3, -0.25) is 9.10 Å². The number of para-hydroxylation sites is 1. The number of carbonyl (C=O) groups excluding carboxylic acids is 1. The average Bonchev–Trinajstić information content (AvgIpc) is 2.55. The fourth-order valence-electron chi connectivity index (χ4n) is 3.08. The van der Waals surface area contributed by atoms with Crippen LogP contribution in [0.15, 0.2) is 36.4 Å². The molecule has 2 aromatic rings. The Morgan fingerprint density at radius 3 is 2.26 bits per heavy atom. The van der Waals surface area contributed by atoms with E-state index in [-0.39, 0.29) is 31.0 Å². The fourth-order valence-corrected chi connectivity index (χ4v) is 4.05. The van der Waals surface area contributed by atoms with Gasteiger partial charge in [0.25, 0.3) is 0 Å². The number of amides is 1. The van der Waals surface area contributed by atoms with Gasteiger partial charge in [0.15, 0.2) is 0 Å². The molecule has 2 aromatic carbocycles. The maximum absolute atomic E-state index is 14.0. The molecule has 0 fully saturated rings. The first kappa shape index (κ1) is 20.9. The minimum atomic E-state index is -3.65. The number of sulfonamides is 1. The molecule has 27 heavy (non-hydrogen) atoms. The van der Waals surface area contributed by atoms with E-state index < -0.39 is 15.8 Å². The van der Waals surface area contributed by atoms with Crippen LogP contribution in [0.5, 0.6) is 0 Å². The Balaban J connectivity index is 2.03. The molecule has 0 radical (unpaired) electrons. The van der Waals surface area contributed by atoms with Crippen molar-refractivity contribution in [2.45, 2.75) is 33.6 Å². The average molecular weight is 392 g/mol. The van der Waals surface area contributed by atoms with Gasteiger partial charge < -0.3 is 5.32 Å². The summed E-state index contributed by atoms with van der Waals surface area (Å²) >= 11 is 0. The molecule has 0 saturated heterocycles. The predicted molar refractivity (Wildman–Crippen MR) is 107 cm³/mol. The van der Waals surface area contributed by atoms with Crippen LogP contribution in [0, 0.1) is 26.6 Å². The van der Waals surface area contributed by atoms with Crippen molar-refractivity contribution in [1.82, 2.24) is 0 Å². The number of halogens is 1. The molecule has 0 unspecified atom stereocenters. The molecule has 0 spiro atoms. The van der Waals surface area contributed by atoms with Gasteiger partial charge in [0.05, 0.1) is 11.9 Å². The van der Waals surface area contributed by atoms with E-state index in [4.69, 9.17) is 0 Å². The highest BCUT2D eigenvalue weighted by molar-refractivity contribution is 7.92. The van der Waals surface area contributed by atoms with Crippen LogP contribution in [0.25, 0.3) is 0 Å². The van der Waals surface area contributed by atoms with Crippen molar-refractivity contribution in [3.8, 4) is 0 Å². The summed E-state index contributed by atoms with van der Waals surface area (Å²) in [6, 6.07) is 9.68. The Hall–Kier alpha value is -2.41. The highest BCUT2D eigenvalue weighted by Gasteiger charge is 2.20. The number of benzene rings is 2. The summed E-state index contributed by atoms with van der Waals surface area (Å²) in [6.07, 6.45) is 1.43. The Morgan fingerprint density at radius 1 is 1.11 bits per heavy atom. The maximum Gasteiger partial charge on any atom is 0.232 e. The molecule has 2 rings (SSSR count). The third kappa shape index (κ3) is 5.53. The standard InChI is InChI=1S/C20H25FN2O3S/c1-14-12-15(2)20(16(3)13-14)22-19(24)10-7-11-23(27(4,25)26)18-9-6-5-8-17(18)21/h5-6,8-9,12-13H,7,10-11H2,1-4H3,(H,22,24). The van der Waals surface area contributed by atoms with Crippen molar-refractivity contribution >= 4 is 27.3 Å². The normalized spacial score (nSPS) is 11.3. The molecule has 0 aliphatic carbocycles. The second-order valence-corrected chi connectivity index (χ2v) is 8.62.